The predicted molar refractivity (Wildman–Crippen MR) is 138 cm³/mol. The minimum atomic E-state index is -0.464. The molecule has 5 rings (SSSR count). The molecule has 4 atom stereocenters. The van der Waals surface area contributed by atoms with Crippen LogP contribution in [0.3, 0.4) is 0 Å². The summed E-state index contributed by atoms with van der Waals surface area (Å²) in [6.07, 6.45) is 2.38. The van der Waals surface area contributed by atoms with Gasteiger partial charge in [0.05, 0.1) is 24.7 Å². The molecule has 3 fully saturated rings. The molecule has 3 aliphatic rings. The Bertz CT molecular complexity index is 1180. The molecule has 9 heteroatoms. The molecule has 2 aliphatic heterocycles. The van der Waals surface area contributed by atoms with Crippen molar-refractivity contribution >= 4 is 17.8 Å². The smallest absolute Gasteiger partial charge is 0.327 e. The van der Waals surface area contributed by atoms with E-state index in [0.717, 1.165) is 31.5 Å². The zero-order chi connectivity index (χ0) is 26.8. The lowest BCUT2D eigenvalue weighted by atomic mass is 9.77. The average molecular weight is 524 g/mol. The minimum Gasteiger partial charge on any atom is -0.379 e. The molecule has 2 heterocycles. The Labute approximate surface area is 222 Å². The molecule has 2 saturated heterocycles. The first-order valence-corrected chi connectivity index (χ1v) is 13.2. The van der Waals surface area contributed by atoms with Crippen molar-refractivity contribution in [1.29, 1.82) is 0 Å². The van der Waals surface area contributed by atoms with Crippen molar-refractivity contribution in [3.8, 4) is 0 Å². The molecule has 1 saturated carbocycles. The van der Waals surface area contributed by atoms with E-state index in [-0.39, 0.29) is 49.0 Å². The summed E-state index contributed by atoms with van der Waals surface area (Å²) in [6.45, 7) is 1.81. The Kier molecular flexibility index (Phi) is 7.76. The summed E-state index contributed by atoms with van der Waals surface area (Å²) in [4.78, 5) is 45.0. The third kappa shape index (κ3) is 5.17. The van der Waals surface area contributed by atoms with Crippen LogP contribution in [0.25, 0.3) is 0 Å². The first-order chi connectivity index (χ1) is 18.4. The van der Waals surface area contributed by atoms with Crippen LogP contribution in [0.15, 0.2) is 48.5 Å². The Morgan fingerprint density at radius 3 is 2.26 bits per heavy atom. The monoisotopic (exact) mass is 523 g/mol. The van der Waals surface area contributed by atoms with Crippen LogP contribution in [0, 0.1) is 11.7 Å². The van der Waals surface area contributed by atoms with Gasteiger partial charge >= 0.3 is 6.03 Å². The van der Waals surface area contributed by atoms with Crippen LogP contribution in [0.1, 0.15) is 47.2 Å². The third-order valence-electron chi connectivity index (χ3n) is 8.08. The quantitative estimate of drug-likeness (QED) is 0.551. The van der Waals surface area contributed by atoms with Gasteiger partial charge in [0.1, 0.15) is 5.82 Å². The van der Waals surface area contributed by atoms with E-state index in [1.165, 1.54) is 17.0 Å². The van der Waals surface area contributed by atoms with E-state index in [9.17, 15) is 18.8 Å². The van der Waals surface area contributed by atoms with Gasteiger partial charge in [-0.3, -0.25) is 14.5 Å². The SMILES string of the molecule is COC1CC2C(=O)N(Cc3ccc(C(=O)N4CCCC4)cc3)C(=O)N(Cc3cccc(F)c3)C2CC1OC. The number of carbonyl (C=O) groups is 3. The number of fused-ring (bicyclic) bond motifs is 1. The second-order valence-electron chi connectivity index (χ2n) is 10.4. The molecule has 1 aliphatic carbocycles. The van der Waals surface area contributed by atoms with Gasteiger partial charge in [0.15, 0.2) is 0 Å². The van der Waals surface area contributed by atoms with Gasteiger partial charge in [-0.2, -0.15) is 0 Å². The largest absolute Gasteiger partial charge is 0.379 e. The van der Waals surface area contributed by atoms with Gasteiger partial charge in [-0.15, -0.1) is 0 Å². The molecule has 8 nitrogen and oxygen atoms in total. The lowest BCUT2D eigenvalue weighted by molar-refractivity contribution is -0.152. The van der Waals surface area contributed by atoms with Crippen LogP contribution in [0.5, 0.6) is 0 Å². The van der Waals surface area contributed by atoms with Crippen molar-refractivity contribution in [3.05, 3.63) is 71.0 Å². The van der Waals surface area contributed by atoms with E-state index in [1.54, 1.807) is 55.5 Å². The Morgan fingerprint density at radius 2 is 1.61 bits per heavy atom. The first-order valence-electron chi connectivity index (χ1n) is 13.2. The van der Waals surface area contributed by atoms with Crippen LogP contribution < -0.4 is 0 Å². The molecule has 0 spiro atoms. The highest BCUT2D eigenvalue weighted by atomic mass is 19.1. The second-order valence-corrected chi connectivity index (χ2v) is 10.4. The molecule has 4 unspecified atom stereocenters. The topological polar surface area (TPSA) is 79.4 Å². The Morgan fingerprint density at radius 1 is 0.921 bits per heavy atom. The Balaban J connectivity index is 1.39. The number of halogens is 1. The molecule has 4 amide bonds. The fraction of sp³-hybridized carbons (Fsp3) is 0.483. The zero-order valence-corrected chi connectivity index (χ0v) is 21.8. The molecule has 202 valence electrons. The number of carbonyl (C=O) groups excluding carboxylic acids is 3. The van der Waals surface area contributed by atoms with E-state index in [4.69, 9.17) is 9.47 Å². The van der Waals surface area contributed by atoms with Gasteiger partial charge in [-0.1, -0.05) is 24.3 Å². The molecule has 0 bridgehead atoms. The number of nitrogens with zero attached hydrogens (tertiary/aromatic N) is 3. The average Bonchev–Trinajstić information content (AvgIpc) is 3.48. The van der Waals surface area contributed by atoms with Crippen molar-refractivity contribution in [3.63, 3.8) is 0 Å². The summed E-state index contributed by atoms with van der Waals surface area (Å²) in [7, 11) is 3.20. The number of rotatable bonds is 7. The number of hydrogen-bond acceptors (Lipinski definition) is 5. The summed E-state index contributed by atoms with van der Waals surface area (Å²) in [5.41, 5.74) is 2.00. The highest BCUT2D eigenvalue weighted by Crippen LogP contribution is 2.38. The van der Waals surface area contributed by atoms with Gasteiger partial charge < -0.3 is 19.3 Å². The number of urea groups is 1. The Hall–Kier alpha value is -3.30. The van der Waals surface area contributed by atoms with Crippen molar-refractivity contribution in [1.82, 2.24) is 14.7 Å². The predicted octanol–water partition coefficient (Wildman–Crippen LogP) is 3.83. The van der Waals surface area contributed by atoms with Crippen LogP contribution in [0.4, 0.5) is 9.18 Å². The van der Waals surface area contributed by atoms with E-state index in [1.807, 2.05) is 4.90 Å². The fourth-order valence-corrected chi connectivity index (χ4v) is 6.01. The summed E-state index contributed by atoms with van der Waals surface area (Å²) in [5.74, 6) is -1.08. The van der Waals surface area contributed by atoms with Crippen LogP contribution in [-0.4, -0.2) is 78.1 Å². The number of likely N-dealkylation sites (tertiary alicyclic amines) is 1. The molecular weight excluding hydrogens is 489 g/mol. The van der Waals surface area contributed by atoms with Crippen LogP contribution in [-0.2, 0) is 27.4 Å². The van der Waals surface area contributed by atoms with Gasteiger partial charge in [-0.25, -0.2) is 9.18 Å². The molecule has 2 aromatic rings. The molecular formula is C29H34FN3O5. The number of ether oxygens (including phenoxy) is 2. The lowest BCUT2D eigenvalue weighted by Gasteiger charge is -2.50. The maximum Gasteiger partial charge on any atom is 0.327 e. The number of methoxy groups -OCH3 is 2. The van der Waals surface area contributed by atoms with Crippen LogP contribution in [0.2, 0.25) is 0 Å². The van der Waals surface area contributed by atoms with E-state index >= 15 is 0 Å². The molecule has 0 radical (unpaired) electrons. The van der Waals surface area contributed by atoms with Gasteiger partial charge in [0.2, 0.25) is 5.91 Å². The molecule has 2 aromatic carbocycles. The zero-order valence-electron chi connectivity index (χ0n) is 21.8. The minimum absolute atomic E-state index is 0.00351. The van der Waals surface area contributed by atoms with Crippen molar-refractivity contribution in [2.75, 3.05) is 27.3 Å². The first kappa shape index (κ1) is 26.3. The standard InChI is InChI=1S/C29H34FN3O5/c1-37-25-15-23-24(16-26(25)38-2)32(18-20-6-5-7-22(30)14-20)29(36)33(28(23)35)17-19-8-10-21(11-9-19)27(34)31-12-3-4-13-31/h5-11,14,23-26H,3-4,12-13,15-18H2,1-2H3. The number of imide groups is 1. The van der Waals surface area contributed by atoms with Gasteiger partial charge in [0, 0.05) is 45.5 Å². The molecule has 0 N–H and O–H groups in total. The maximum atomic E-state index is 13.9. The summed E-state index contributed by atoms with van der Waals surface area (Å²) in [5, 5.41) is 0. The molecule has 0 aromatic heterocycles. The summed E-state index contributed by atoms with van der Waals surface area (Å²) >= 11 is 0. The lowest BCUT2D eigenvalue weighted by Crippen LogP contribution is -2.64. The number of hydrogen-bond donors (Lipinski definition) is 0. The normalized spacial score (nSPS) is 25.6. The van der Waals surface area contributed by atoms with Gasteiger partial charge in [-0.05, 0) is 61.1 Å². The van der Waals surface area contributed by atoms with Gasteiger partial charge in [0.25, 0.3) is 5.91 Å². The highest BCUT2D eigenvalue weighted by molar-refractivity contribution is 5.99. The van der Waals surface area contributed by atoms with E-state index in [2.05, 4.69) is 0 Å². The summed E-state index contributed by atoms with van der Waals surface area (Å²) in [6, 6.07) is 12.5. The van der Waals surface area contributed by atoms with E-state index in [0.29, 0.717) is 24.0 Å². The van der Waals surface area contributed by atoms with Crippen LogP contribution >= 0.6 is 0 Å². The van der Waals surface area contributed by atoms with Crippen molar-refractivity contribution in [2.45, 2.75) is 57.0 Å². The highest BCUT2D eigenvalue weighted by Gasteiger charge is 2.51. The molecule has 38 heavy (non-hydrogen) atoms. The number of benzene rings is 2. The number of amides is 4. The summed E-state index contributed by atoms with van der Waals surface area (Å²) < 4.78 is 25.2. The third-order valence-corrected chi connectivity index (χ3v) is 8.08. The van der Waals surface area contributed by atoms with E-state index < -0.39 is 11.9 Å². The fourth-order valence-electron chi connectivity index (χ4n) is 6.01. The second kappa shape index (κ2) is 11.2. The van der Waals surface area contributed by atoms with Crippen molar-refractivity contribution < 1.29 is 28.2 Å². The van der Waals surface area contributed by atoms with Crippen molar-refractivity contribution in [2.24, 2.45) is 5.92 Å². The maximum absolute atomic E-state index is 13.9.